The van der Waals surface area contributed by atoms with Crippen LogP contribution in [0.3, 0.4) is 0 Å². The molecule has 31 heavy (non-hydrogen) atoms. The van der Waals surface area contributed by atoms with Crippen molar-refractivity contribution in [1.29, 1.82) is 0 Å². The van der Waals surface area contributed by atoms with E-state index in [1.54, 1.807) is 0 Å². The zero-order valence-electron chi connectivity index (χ0n) is 18.4. The number of likely N-dealkylation sites (tertiary alicyclic amines) is 1. The van der Waals surface area contributed by atoms with Gasteiger partial charge in [0.05, 0.1) is 13.1 Å². The van der Waals surface area contributed by atoms with Crippen LogP contribution in [-0.4, -0.2) is 55.0 Å². The smallest absolute Gasteiger partial charge is 0.222 e. The molecule has 1 fully saturated rings. The van der Waals surface area contributed by atoms with Crippen LogP contribution in [0, 0.1) is 0 Å². The van der Waals surface area contributed by atoms with Gasteiger partial charge in [-0.05, 0) is 36.6 Å². The fourth-order valence-electron chi connectivity index (χ4n) is 3.48. The van der Waals surface area contributed by atoms with Gasteiger partial charge in [-0.3, -0.25) is 4.79 Å². The average Bonchev–Trinajstić information content (AvgIpc) is 3.16. The van der Waals surface area contributed by atoms with E-state index in [0.29, 0.717) is 26.1 Å². The molecular formula is C24H33IN4O2. The van der Waals surface area contributed by atoms with Crippen LogP contribution in [-0.2, 0) is 17.9 Å². The molecule has 0 aromatic heterocycles. The lowest BCUT2D eigenvalue weighted by molar-refractivity contribution is -0.128. The Morgan fingerprint density at radius 2 is 1.94 bits per heavy atom. The molecule has 1 aliphatic heterocycles. The molecule has 3 rings (SSSR count). The fraction of sp³-hybridized carbons (Fsp3) is 0.417. The lowest BCUT2D eigenvalue weighted by Gasteiger charge is -2.22. The number of benzene rings is 2. The fourth-order valence-corrected chi connectivity index (χ4v) is 3.48. The van der Waals surface area contributed by atoms with Crippen molar-refractivity contribution in [1.82, 2.24) is 15.1 Å². The average molecular weight is 536 g/mol. The molecule has 0 aliphatic carbocycles. The molecule has 2 aromatic carbocycles. The van der Waals surface area contributed by atoms with E-state index in [2.05, 4.69) is 35.3 Å². The normalized spacial score (nSPS) is 13.7. The number of nitrogens with one attached hydrogen (secondary N) is 1. The van der Waals surface area contributed by atoms with Crippen LogP contribution >= 0.6 is 24.0 Å². The number of hydrogen-bond acceptors (Lipinski definition) is 3. The number of carbonyl (C=O) groups excluding carboxylic acids is 1. The minimum absolute atomic E-state index is 0. The number of halogens is 1. The minimum atomic E-state index is 0. The highest BCUT2D eigenvalue weighted by molar-refractivity contribution is 14.0. The van der Waals surface area contributed by atoms with Crippen LogP contribution in [0.25, 0.3) is 0 Å². The van der Waals surface area contributed by atoms with Gasteiger partial charge in [-0.15, -0.1) is 24.0 Å². The van der Waals surface area contributed by atoms with E-state index in [4.69, 9.17) is 9.73 Å². The van der Waals surface area contributed by atoms with Gasteiger partial charge in [-0.2, -0.15) is 0 Å². The van der Waals surface area contributed by atoms with Gasteiger partial charge < -0.3 is 19.9 Å². The summed E-state index contributed by atoms with van der Waals surface area (Å²) in [6, 6.07) is 18.2. The van der Waals surface area contributed by atoms with E-state index in [-0.39, 0.29) is 29.9 Å². The van der Waals surface area contributed by atoms with Crippen molar-refractivity contribution in [2.24, 2.45) is 4.99 Å². The lowest BCUT2D eigenvalue weighted by Crippen LogP contribution is -2.40. The van der Waals surface area contributed by atoms with E-state index in [1.165, 1.54) is 0 Å². The first-order valence-electron chi connectivity index (χ1n) is 10.7. The van der Waals surface area contributed by atoms with Crippen LogP contribution in [0.15, 0.2) is 59.6 Å². The Morgan fingerprint density at radius 1 is 1.16 bits per heavy atom. The number of carbonyl (C=O) groups is 1. The van der Waals surface area contributed by atoms with E-state index in [0.717, 1.165) is 48.9 Å². The molecule has 0 atom stereocenters. The van der Waals surface area contributed by atoms with Gasteiger partial charge in [0.2, 0.25) is 5.91 Å². The van der Waals surface area contributed by atoms with E-state index >= 15 is 0 Å². The summed E-state index contributed by atoms with van der Waals surface area (Å²) in [5.41, 5.74) is 2.30. The second-order valence-electron chi connectivity index (χ2n) is 7.49. The molecule has 6 nitrogen and oxygen atoms in total. The van der Waals surface area contributed by atoms with Crippen molar-refractivity contribution in [3.63, 3.8) is 0 Å². The van der Waals surface area contributed by atoms with Crippen LogP contribution in [0.4, 0.5) is 0 Å². The highest BCUT2D eigenvalue weighted by Crippen LogP contribution is 2.15. The third kappa shape index (κ3) is 8.05. The zero-order valence-corrected chi connectivity index (χ0v) is 20.7. The molecule has 0 saturated carbocycles. The Kier molecular flexibility index (Phi) is 10.6. The highest BCUT2D eigenvalue weighted by atomic mass is 127. The molecule has 7 heteroatoms. The minimum Gasteiger partial charge on any atom is -0.492 e. The number of amides is 1. The standard InChI is InChI=1S/C24H32N4O2.HI/c1-3-25-24(27(2)15-16-30-22-11-5-4-6-12-22)26-18-20-9-7-10-21(17-20)19-28-14-8-13-23(28)29;/h4-7,9-12,17H,3,8,13-16,18-19H2,1-2H3,(H,25,26);1H. The molecular weight excluding hydrogens is 503 g/mol. The summed E-state index contributed by atoms with van der Waals surface area (Å²) in [4.78, 5) is 20.7. The maximum absolute atomic E-state index is 11.9. The van der Waals surface area contributed by atoms with Gasteiger partial charge in [-0.1, -0.05) is 42.5 Å². The summed E-state index contributed by atoms with van der Waals surface area (Å²) < 4.78 is 5.80. The van der Waals surface area contributed by atoms with Crippen LogP contribution in [0.1, 0.15) is 30.9 Å². The molecule has 0 radical (unpaired) electrons. The number of nitrogens with zero attached hydrogens (tertiary/aromatic N) is 3. The predicted octanol–water partition coefficient (Wildman–Crippen LogP) is 3.90. The van der Waals surface area contributed by atoms with Crippen molar-refractivity contribution in [2.75, 3.05) is 33.3 Å². The molecule has 1 amide bonds. The second-order valence-corrected chi connectivity index (χ2v) is 7.49. The lowest BCUT2D eigenvalue weighted by atomic mass is 10.1. The quantitative estimate of drug-likeness (QED) is 0.300. The van der Waals surface area contributed by atoms with Crippen molar-refractivity contribution >= 4 is 35.8 Å². The van der Waals surface area contributed by atoms with Crippen molar-refractivity contribution in [3.8, 4) is 5.75 Å². The number of likely N-dealkylation sites (N-methyl/N-ethyl adjacent to an activating group) is 1. The summed E-state index contributed by atoms with van der Waals surface area (Å²) in [7, 11) is 2.02. The van der Waals surface area contributed by atoms with Crippen molar-refractivity contribution in [3.05, 3.63) is 65.7 Å². The highest BCUT2D eigenvalue weighted by Gasteiger charge is 2.19. The molecule has 168 valence electrons. The Morgan fingerprint density at radius 3 is 2.65 bits per heavy atom. The maximum atomic E-state index is 11.9. The van der Waals surface area contributed by atoms with Crippen molar-refractivity contribution in [2.45, 2.75) is 32.9 Å². The molecule has 1 heterocycles. The number of para-hydroxylation sites is 1. The Labute approximate surface area is 202 Å². The molecule has 1 saturated heterocycles. The topological polar surface area (TPSA) is 57.2 Å². The zero-order chi connectivity index (χ0) is 21.2. The first-order valence-corrected chi connectivity index (χ1v) is 10.7. The maximum Gasteiger partial charge on any atom is 0.222 e. The van der Waals surface area contributed by atoms with Crippen LogP contribution in [0.2, 0.25) is 0 Å². The van der Waals surface area contributed by atoms with Gasteiger partial charge in [0.25, 0.3) is 0 Å². The third-order valence-corrected chi connectivity index (χ3v) is 5.08. The molecule has 2 aromatic rings. The molecule has 1 aliphatic rings. The largest absolute Gasteiger partial charge is 0.492 e. The summed E-state index contributed by atoms with van der Waals surface area (Å²) in [6.07, 6.45) is 1.64. The predicted molar refractivity (Wildman–Crippen MR) is 136 cm³/mol. The number of guanidine groups is 1. The van der Waals surface area contributed by atoms with Crippen LogP contribution in [0.5, 0.6) is 5.75 Å². The van der Waals surface area contributed by atoms with Crippen molar-refractivity contribution < 1.29 is 9.53 Å². The Bertz CT molecular complexity index is 844. The third-order valence-electron chi connectivity index (χ3n) is 5.08. The summed E-state index contributed by atoms with van der Waals surface area (Å²) in [6.45, 7) is 6.34. The summed E-state index contributed by atoms with van der Waals surface area (Å²) in [5, 5.41) is 3.35. The van der Waals surface area contributed by atoms with E-state index in [1.807, 2.05) is 48.3 Å². The van der Waals surface area contributed by atoms with Gasteiger partial charge in [0, 0.05) is 33.1 Å². The first kappa shape index (κ1) is 25.0. The van der Waals surface area contributed by atoms with Gasteiger partial charge in [0.1, 0.15) is 12.4 Å². The molecule has 0 unspecified atom stereocenters. The van der Waals surface area contributed by atoms with E-state index < -0.39 is 0 Å². The number of ether oxygens (including phenoxy) is 1. The number of hydrogen-bond donors (Lipinski definition) is 1. The monoisotopic (exact) mass is 536 g/mol. The molecule has 0 spiro atoms. The summed E-state index contributed by atoms with van der Waals surface area (Å²) in [5.74, 6) is 1.99. The Hall–Kier alpha value is -2.29. The SMILES string of the molecule is CCNC(=NCc1cccc(CN2CCCC2=O)c1)N(C)CCOc1ccccc1.I. The molecule has 0 bridgehead atoms. The van der Waals surface area contributed by atoms with E-state index in [9.17, 15) is 4.79 Å². The number of rotatable bonds is 9. The van der Waals surface area contributed by atoms with Gasteiger partial charge >= 0.3 is 0 Å². The van der Waals surface area contributed by atoms with Gasteiger partial charge in [0.15, 0.2) is 5.96 Å². The first-order chi connectivity index (χ1) is 14.7. The second kappa shape index (κ2) is 13.2. The van der Waals surface area contributed by atoms with Crippen LogP contribution < -0.4 is 10.1 Å². The Balaban J connectivity index is 0.00000341. The molecule has 1 N–H and O–H groups in total. The van der Waals surface area contributed by atoms with Gasteiger partial charge in [-0.25, -0.2) is 4.99 Å². The number of aliphatic imine (C=N–C) groups is 1. The summed E-state index contributed by atoms with van der Waals surface area (Å²) >= 11 is 0.